The molecule has 0 radical (unpaired) electrons. The van der Waals surface area contributed by atoms with E-state index in [0.29, 0.717) is 19.6 Å². The predicted molar refractivity (Wildman–Crippen MR) is 67.7 cm³/mol. The molecule has 16 heavy (non-hydrogen) atoms. The van der Waals surface area contributed by atoms with E-state index in [1.807, 2.05) is 30.3 Å². The quantitative estimate of drug-likeness (QED) is 0.842. The van der Waals surface area contributed by atoms with Crippen LogP contribution < -0.4 is 0 Å². The lowest BCUT2D eigenvalue weighted by molar-refractivity contribution is 0.122. The van der Waals surface area contributed by atoms with Crippen LogP contribution in [0.3, 0.4) is 0 Å². The molecule has 1 saturated heterocycles. The molecule has 3 unspecified atom stereocenters. The minimum atomic E-state index is -0.326. The molecule has 1 fully saturated rings. The molecule has 4 heteroatoms. The van der Waals surface area contributed by atoms with Gasteiger partial charge in [-0.1, -0.05) is 30.3 Å². The van der Waals surface area contributed by atoms with Gasteiger partial charge in [-0.15, -0.1) is 23.4 Å². The standard InChI is InChI=1S/C12H15ClO2S/c13-10-6-12(14)16-11(10)8-15-7-9-4-2-1-3-5-9/h1-5,10-12,14H,6-8H2. The summed E-state index contributed by atoms with van der Waals surface area (Å²) in [5.74, 6) is 0. The summed E-state index contributed by atoms with van der Waals surface area (Å²) >= 11 is 7.60. The number of hydrogen-bond acceptors (Lipinski definition) is 3. The lowest BCUT2D eigenvalue weighted by Gasteiger charge is -2.12. The van der Waals surface area contributed by atoms with Gasteiger partial charge in [0.05, 0.1) is 18.6 Å². The van der Waals surface area contributed by atoms with Crippen molar-refractivity contribution in [1.29, 1.82) is 0 Å². The second-order valence-electron chi connectivity index (χ2n) is 3.88. The maximum atomic E-state index is 9.41. The van der Waals surface area contributed by atoms with Crippen molar-refractivity contribution in [3.8, 4) is 0 Å². The zero-order chi connectivity index (χ0) is 11.4. The van der Waals surface area contributed by atoms with Gasteiger partial charge in [0, 0.05) is 11.7 Å². The van der Waals surface area contributed by atoms with Crippen molar-refractivity contribution >= 4 is 23.4 Å². The second kappa shape index (κ2) is 5.92. The molecule has 0 aromatic heterocycles. The molecular formula is C12H15ClO2S. The third kappa shape index (κ3) is 3.39. The normalized spacial score (nSPS) is 29.5. The number of hydrogen-bond donors (Lipinski definition) is 1. The summed E-state index contributed by atoms with van der Waals surface area (Å²) in [6, 6.07) is 10.1. The molecular weight excluding hydrogens is 244 g/mol. The second-order valence-corrected chi connectivity index (χ2v) is 5.86. The Hall–Kier alpha value is -0.220. The maximum Gasteiger partial charge on any atom is 0.101 e. The highest BCUT2D eigenvalue weighted by molar-refractivity contribution is 8.00. The Kier molecular flexibility index (Phi) is 4.53. The Labute approximate surface area is 105 Å². The number of thioether (sulfide) groups is 1. The molecule has 1 N–H and O–H groups in total. The van der Waals surface area contributed by atoms with Gasteiger partial charge in [0.1, 0.15) is 5.44 Å². The number of benzene rings is 1. The lowest BCUT2D eigenvalue weighted by Crippen LogP contribution is -2.18. The first-order chi connectivity index (χ1) is 7.75. The molecule has 1 aromatic carbocycles. The lowest BCUT2D eigenvalue weighted by atomic mass is 10.2. The first-order valence-corrected chi connectivity index (χ1v) is 6.73. The maximum absolute atomic E-state index is 9.41. The number of aliphatic hydroxyl groups excluding tert-OH is 1. The van der Waals surface area contributed by atoms with Crippen LogP contribution in [-0.4, -0.2) is 27.8 Å². The van der Waals surface area contributed by atoms with E-state index in [1.165, 1.54) is 11.8 Å². The molecule has 1 aromatic rings. The van der Waals surface area contributed by atoms with Crippen LogP contribution in [-0.2, 0) is 11.3 Å². The molecule has 2 rings (SSSR count). The average Bonchev–Trinajstić information content (AvgIpc) is 2.59. The van der Waals surface area contributed by atoms with E-state index in [2.05, 4.69) is 0 Å². The summed E-state index contributed by atoms with van der Waals surface area (Å²) in [4.78, 5) is 0. The molecule has 1 aliphatic rings. The fourth-order valence-electron chi connectivity index (χ4n) is 1.70. The highest BCUT2D eigenvalue weighted by Crippen LogP contribution is 2.35. The SMILES string of the molecule is OC1CC(Cl)C(COCc2ccccc2)S1. The molecule has 3 atom stereocenters. The van der Waals surface area contributed by atoms with Crippen molar-refractivity contribution in [2.24, 2.45) is 0 Å². The van der Waals surface area contributed by atoms with Crippen molar-refractivity contribution in [2.75, 3.05) is 6.61 Å². The van der Waals surface area contributed by atoms with Crippen molar-refractivity contribution in [1.82, 2.24) is 0 Å². The Morgan fingerprint density at radius 1 is 1.38 bits per heavy atom. The monoisotopic (exact) mass is 258 g/mol. The van der Waals surface area contributed by atoms with E-state index in [9.17, 15) is 5.11 Å². The van der Waals surface area contributed by atoms with Gasteiger partial charge in [-0.05, 0) is 5.56 Å². The van der Waals surface area contributed by atoms with Crippen molar-refractivity contribution < 1.29 is 9.84 Å². The molecule has 1 heterocycles. The molecule has 1 aliphatic heterocycles. The fraction of sp³-hybridized carbons (Fsp3) is 0.500. The van der Waals surface area contributed by atoms with Gasteiger partial charge in [-0.3, -0.25) is 0 Å². The zero-order valence-electron chi connectivity index (χ0n) is 8.88. The van der Waals surface area contributed by atoms with Crippen LogP contribution in [0.15, 0.2) is 30.3 Å². The average molecular weight is 259 g/mol. The van der Waals surface area contributed by atoms with Crippen LogP contribution in [0.1, 0.15) is 12.0 Å². The topological polar surface area (TPSA) is 29.5 Å². The smallest absolute Gasteiger partial charge is 0.101 e. The summed E-state index contributed by atoms with van der Waals surface area (Å²) < 4.78 is 5.61. The Morgan fingerprint density at radius 2 is 2.12 bits per heavy atom. The third-order valence-corrected chi connectivity index (χ3v) is 4.51. The molecule has 0 aliphatic carbocycles. The van der Waals surface area contributed by atoms with Gasteiger partial charge in [-0.25, -0.2) is 0 Å². The Balaban J connectivity index is 1.72. The summed E-state index contributed by atoms with van der Waals surface area (Å²) in [5, 5.41) is 9.64. The van der Waals surface area contributed by atoms with Crippen LogP contribution >= 0.6 is 23.4 Å². The molecule has 0 bridgehead atoms. The molecule has 0 spiro atoms. The molecule has 88 valence electrons. The number of rotatable bonds is 4. The summed E-state index contributed by atoms with van der Waals surface area (Å²) in [5.41, 5.74) is 0.838. The van der Waals surface area contributed by atoms with E-state index in [4.69, 9.17) is 16.3 Å². The first-order valence-electron chi connectivity index (χ1n) is 5.35. The molecule has 2 nitrogen and oxygen atoms in total. The van der Waals surface area contributed by atoms with Crippen molar-refractivity contribution in [2.45, 2.75) is 29.1 Å². The Bertz CT molecular complexity index is 320. The zero-order valence-corrected chi connectivity index (χ0v) is 10.5. The van der Waals surface area contributed by atoms with Gasteiger partial charge in [0.25, 0.3) is 0 Å². The first kappa shape index (κ1) is 12.2. The minimum absolute atomic E-state index is 0.0239. The number of alkyl halides is 1. The van der Waals surface area contributed by atoms with Gasteiger partial charge in [0.2, 0.25) is 0 Å². The fourth-order valence-corrected chi connectivity index (χ4v) is 3.40. The van der Waals surface area contributed by atoms with Crippen LogP contribution in [0.25, 0.3) is 0 Å². The third-order valence-electron chi connectivity index (χ3n) is 2.56. The van der Waals surface area contributed by atoms with Crippen LogP contribution in [0.4, 0.5) is 0 Å². The number of aliphatic hydroxyl groups is 1. The van der Waals surface area contributed by atoms with E-state index >= 15 is 0 Å². The molecule has 0 saturated carbocycles. The Morgan fingerprint density at radius 3 is 2.75 bits per heavy atom. The van der Waals surface area contributed by atoms with Gasteiger partial charge in [0.15, 0.2) is 0 Å². The van der Waals surface area contributed by atoms with E-state index in [-0.39, 0.29) is 16.1 Å². The van der Waals surface area contributed by atoms with Crippen LogP contribution in [0.5, 0.6) is 0 Å². The van der Waals surface area contributed by atoms with E-state index in [1.54, 1.807) is 0 Å². The minimum Gasteiger partial charge on any atom is -0.382 e. The van der Waals surface area contributed by atoms with Crippen LogP contribution in [0, 0.1) is 0 Å². The van der Waals surface area contributed by atoms with Gasteiger partial charge in [-0.2, -0.15) is 0 Å². The number of halogens is 1. The summed E-state index contributed by atoms with van der Waals surface area (Å²) in [6.07, 6.45) is 0.658. The van der Waals surface area contributed by atoms with Crippen molar-refractivity contribution in [3.05, 3.63) is 35.9 Å². The highest BCUT2D eigenvalue weighted by Gasteiger charge is 2.32. The van der Waals surface area contributed by atoms with Crippen LogP contribution in [0.2, 0.25) is 0 Å². The highest BCUT2D eigenvalue weighted by atomic mass is 35.5. The van der Waals surface area contributed by atoms with Gasteiger partial charge >= 0.3 is 0 Å². The largest absolute Gasteiger partial charge is 0.382 e. The molecule has 0 amide bonds. The predicted octanol–water partition coefficient (Wildman–Crippen LogP) is 2.63. The van der Waals surface area contributed by atoms with E-state index in [0.717, 1.165) is 5.56 Å². The van der Waals surface area contributed by atoms with Crippen molar-refractivity contribution in [3.63, 3.8) is 0 Å². The van der Waals surface area contributed by atoms with E-state index < -0.39 is 0 Å². The number of ether oxygens (including phenoxy) is 1. The van der Waals surface area contributed by atoms with Gasteiger partial charge < -0.3 is 9.84 Å². The summed E-state index contributed by atoms with van der Waals surface area (Å²) in [6.45, 7) is 1.21. The summed E-state index contributed by atoms with van der Waals surface area (Å²) in [7, 11) is 0.